The zero-order valence-corrected chi connectivity index (χ0v) is 22.3. The minimum Gasteiger partial charge on any atom is -0.550 e. The molecule has 0 aromatic heterocycles. The van der Waals surface area contributed by atoms with Gasteiger partial charge in [-0.1, -0.05) is 61.8 Å². The predicted molar refractivity (Wildman–Crippen MR) is 137 cm³/mol. The summed E-state index contributed by atoms with van der Waals surface area (Å²) in [5, 5.41) is 10.8. The highest BCUT2D eigenvalue weighted by Crippen LogP contribution is 2.50. The highest BCUT2D eigenvalue weighted by molar-refractivity contribution is 5.66. The molecule has 0 aromatic carbocycles. The van der Waals surface area contributed by atoms with Gasteiger partial charge in [-0.2, -0.15) is 0 Å². The molecule has 1 fully saturated rings. The van der Waals surface area contributed by atoms with E-state index in [0.717, 1.165) is 57.8 Å². The Labute approximate surface area is 203 Å². The molecule has 0 N–H and O–H groups in total. The Bertz CT molecular complexity index is 799. The van der Waals surface area contributed by atoms with Gasteiger partial charge in [0.05, 0.1) is 11.2 Å². The third-order valence-corrected chi connectivity index (χ3v) is 8.15. The molecule has 3 nitrogen and oxygen atoms in total. The van der Waals surface area contributed by atoms with Crippen LogP contribution in [0.25, 0.3) is 0 Å². The quantitative estimate of drug-likeness (QED) is 0.291. The molecule has 1 aliphatic heterocycles. The second-order valence-corrected chi connectivity index (χ2v) is 10.9. The zero-order valence-electron chi connectivity index (χ0n) is 22.3. The standard InChI is InChI=1S/C30H48O3/c1-8-30-26(6)24(4)17-18-27(30)19-21-29(7,33-30)20-11-15-23(3)13-9-12-22(2)14-10-16-25(5)28(31)32/h14-15,17-18,25-26H,8-13,16,19-21H2,1-7H3,(H,31,32)/p-1/b22-14+,23-15+. The Morgan fingerprint density at radius 3 is 2.45 bits per heavy atom. The van der Waals surface area contributed by atoms with Crippen molar-refractivity contribution in [3.63, 3.8) is 0 Å². The topological polar surface area (TPSA) is 49.4 Å². The van der Waals surface area contributed by atoms with Crippen molar-refractivity contribution >= 4 is 5.97 Å². The predicted octanol–water partition coefficient (Wildman–Crippen LogP) is 7.24. The van der Waals surface area contributed by atoms with Crippen LogP contribution in [0.5, 0.6) is 0 Å². The monoisotopic (exact) mass is 455 g/mol. The largest absolute Gasteiger partial charge is 0.550 e. The summed E-state index contributed by atoms with van der Waals surface area (Å²) in [4.78, 5) is 10.8. The van der Waals surface area contributed by atoms with E-state index in [1.54, 1.807) is 6.92 Å². The van der Waals surface area contributed by atoms with E-state index in [0.29, 0.717) is 12.3 Å². The number of carbonyl (C=O) groups is 1. The zero-order chi connectivity index (χ0) is 24.6. The molecule has 1 aliphatic carbocycles. The number of hydrogen-bond donors (Lipinski definition) is 0. The third kappa shape index (κ3) is 7.44. The van der Waals surface area contributed by atoms with Gasteiger partial charge in [0, 0.05) is 11.9 Å². The minimum absolute atomic E-state index is 0.0576. The van der Waals surface area contributed by atoms with Crippen molar-refractivity contribution in [2.24, 2.45) is 11.8 Å². The molecule has 33 heavy (non-hydrogen) atoms. The maximum atomic E-state index is 10.8. The molecule has 0 radical (unpaired) electrons. The van der Waals surface area contributed by atoms with E-state index in [1.807, 2.05) is 0 Å². The maximum absolute atomic E-state index is 10.8. The number of carboxylic acids is 1. The number of fused-ring (bicyclic) bond motifs is 1. The average Bonchev–Trinajstić information content (AvgIpc) is 2.76. The van der Waals surface area contributed by atoms with Crippen LogP contribution in [-0.4, -0.2) is 17.2 Å². The number of carboxylic acid groups (broad SMARTS) is 1. The number of allylic oxidation sites excluding steroid dienone is 6. The maximum Gasteiger partial charge on any atom is 0.0961 e. The SMILES string of the molecule is CCC12OC(C)(CC/C=C(\C)CCC/C(C)=C/CCC(C)C(=O)[O-])CCC1=CC=C(C)C2C. The van der Waals surface area contributed by atoms with E-state index in [-0.39, 0.29) is 17.1 Å². The number of rotatable bonds is 12. The normalized spacial score (nSPS) is 29.2. The van der Waals surface area contributed by atoms with Crippen LogP contribution in [0.2, 0.25) is 0 Å². The molecule has 0 aromatic rings. The first-order chi connectivity index (χ1) is 15.5. The fourth-order valence-corrected chi connectivity index (χ4v) is 5.46. The number of carbonyl (C=O) groups excluding carboxylic acids is 1. The number of ether oxygens (including phenoxy) is 1. The molecule has 0 bridgehead atoms. The van der Waals surface area contributed by atoms with Crippen LogP contribution in [0.15, 0.2) is 46.6 Å². The second kappa shape index (κ2) is 12.2. The van der Waals surface area contributed by atoms with Gasteiger partial charge in [-0.3, -0.25) is 0 Å². The van der Waals surface area contributed by atoms with Crippen LogP contribution in [0.3, 0.4) is 0 Å². The Balaban J connectivity index is 1.79. The van der Waals surface area contributed by atoms with Gasteiger partial charge < -0.3 is 14.6 Å². The Morgan fingerprint density at radius 1 is 1.21 bits per heavy atom. The van der Waals surface area contributed by atoms with E-state index in [1.165, 1.54) is 22.3 Å². The van der Waals surface area contributed by atoms with E-state index in [4.69, 9.17) is 4.74 Å². The first kappa shape index (κ1) is 27.6. The highest BCUT2D eigenvalue weighted by atomic mass is 16.5. The first-order valence-electron chi connectivity index (χ1n) is 13.1. The summed E-state index contributed by atoms with van der Waals surface area (Å²) < 4.78 is 6.97. The summed E-state index contributed by atoms with van der Waals surface area (Å²) in [5.41, 5.74) is 5.56. The number of aliphatic carboxylic acids is 1. The minimum atomic E-state index is -0.948. The van der Waals surface area contributed by atoms with Crippen LogP contribution >= 0.6 is 0 Å². The van der Waals surface area contributed by atoms with Crippen LogP contribution in [0.4, 0.5) is 0 Å². The summed E-state index contributed by atoms with van der Waals surface area (Å²) in [6, 6.07) is 0. The molecular weight excluding hydrogens is 408 g/mol. The van der Waals surface area contributed by atoms with Crippen LogP contribution in [0.1, 0.15) is 113 Å². The lowest BCUT2D eigenvalue weighted by Crippen LogP contribution is -2.53. The molecule has 4 atom stereocenters. The van der Waals surface area contributed by atoms with Gasteiger partial charge in [-0.25, -0.2) is 0 Å². The van der Waals surface area contributed by atoms with Gasteiger partial charge in [0.25, 0.3) is 0 Å². The second-order valence-electron chi connectivity index (χ2n) is 10.9. The molecule has 1 saturated heterocycles. The van der Waals surface area contributed by atoms with Crippen LogP contribution in [0, 0.1) is 11.8 Å². The van der Waals surface area contributed by atoms with E-state index in [2.05, 4.69) is 65.8 Å². The molecule has 2 aliphatic rings. The van der Waals surface area contributed by atoms with Crippen molar-refractivity contribution in [2.75, 3.05) is 0 Å². The lowest BCUT2D eigenvalue weighted by Gasteiger charge is -2.53. The molecule has 1 heterocycles. The molecule has 0 saturated carbocycles. The van der Waals surface area contributed by atoms with Gasteiger partial charge in [0.2, 0.25) is 0 Å². The summed E-state index contributed by atoms with van der Waals surface area (Å²) in [7, 11) is 0. The van der Waals surface area contributed by atoms with Crippen molar-refractivity contribution in [2.45, 2.75) is 124 Å². The van der Waals surface area contributed by atoms with Crippen molar-refractivity contribution in [3.8, 4) is 0 Å². The van der Waals surface area contributed by atoms with Gasteiger partial charge in [-0.15, -0.1) is 0 Å². The van der Waals surface area contributed by atoms with Crippen molar-refractivity contribution in [1.82, 2.24) is 0 Å². The average molecular weight is 456 g/mol. The Kier molecular flexibility index (Phi) is 10.2. The molecule has 4 unspecified atom stereocenters. The van der Waals surface area contributed by atoms with E-state index < -0.39 is 5.97 Å². The molecule has 3 heteroatoms. The fraction of sp³-hybridized carbons (Fsp3) is 0.700. The third-order valence-electron chi connectivity index (χ3n) is 8.15. The molecule has 0 amide bonds. The van der Waals surface area contributed by atoms with Gasteiger partial charge >= 0.3 is 0 Å². The Hall–Kier alpha value is -1.61. The van der Waals surface area contributed by atoms with Gasteiger partial charge in [0.15, 0.2) is 0 Å². The lowest BCUT2D eigenvalue weighted by molar-refractivity contribution is -0.311. The summed E-state index contributed by atoms with van der Waals surface area (Å²) in [6.45, 7) is 15.3. The van der Waals surface area contributed by atoms with Crippen LogP contribution in [-0.2, 0) is 9.53 Å². The lowest BCUT2D eigenvalue weighted by atomic mass is 9.68. The van der Waals surface area contributed by atoms with E-state index >= 15 is 0 Å². The molecule has 0 spiro atoms. The van der Waals surface area contributed by atoms with E-state index in [9.17, 15) is 9.90 Å². The highest BCUT2D eigenvalue weighted by Gasteiger charge is 2.49. The van der Waals surface area contributed by atoms with Gasteiger partial charge in [0.1, 0.15) is 0 Å². The molecular formula is C30H47O3-. The Morgan fingerprint density at radius 2 is 1.85 bits per heavy atom. The van der Waals surface area contributed by atoms with Crippen molar-refractivity contribution in [1.29, 1.82) is 0 Å². The van der Waals surface area contributed by atoms with Gasteiger partial charge in [-0.05, 0) is 103 Å². The molecule has 186 valence electrons. The smallest absolute Gasteiger partial charge is 0.0961 e. The summed E-state index contributed by atoms with van der Waals surface area (Å²) in [6.07, 6.45) is 19.5. The summed E-state index contributed by atoms with van der Waals surface area (Å²) in [5.74, 6) is -0.873. The first-order valence-corrected chi connectivity index (χ1v) is 13.1. The van der Waals surface area contributed by atoms with Crippen molar-refractivity contribution < 1.29 is 14.6 Å². The van der Waals surface area contributed by atoms with Crippen molar-refractivity contribution in [3.05, 3.63) is 46.6 Å². The fourth-order valence-electron chi connectivity index (χ4n) is 5.46. The van der Waals surface area contributed by atoms with Crippen LogP contribution < -0.4 is 5.11 Å². The molecule has 2 rings (SSSR count). The number of hydrogen-bond acceptors (Lipinski definition) is 3. The summed E-state index contributed by atoms with van der Waals surface area (Å²) >= 11 is 0.